The number of aromatic nitrogens is 1. The summed E-state index contributed by atoms with van der Waals surface area (Å²) < 4.78 is 11.4. The minimum atomic E-state index is -0.348. The van der Waals surface area contributed by atoms with Crippen LogP contribution in [-0.4, -0.2) is 48.2 Å². The highest BCUT2D eigenvalue weighted by atomic mass is 16.5. The maximum Gasteiger partial charge on any atom is 0.261 e. The van der Waals surface area contributed by atoms with Crippen LogP contribution in [0.2, 0.25) is 0 Å². The van der Waals surface area contributed by atoms with Crippen molar-refractivity contribution in [2.45, 2.75) is 32.8 Å². The first-order chi connectivity index (χ1) is 13.0. The molecule has 1 N–H and O–H groups in total. The van der Waals surface area contributed by atoms with Crippen molar-refractivity contribution in [3.63, 3.8) is 0 Å². The molecule has 1 aliphatic rings. The van der Waals surface area contributed by atoms with E-state index in [-0.39, 0.29) is 23.1 Å². The molecule has 1 unspecified atom stereocenters. The van der Waals surface area contributed by atoms with Gasteiger partial charge in [-0.2, -0.15) is 0 Å². The third-order valence-electron chi connectivity index (χ3n) is 4.69. The van der Waals surface area contributed by atoms with Gasteiger partial charge in [-0.25, -0.2) is 0 Å². The number of nitrogens with one attached hydrogen (secondary N) is 1. The monoisotopic (exact) mass is 370 g/mol. The van der Waals surface area contributed by atoms with E-state index in [0.29, 0.717) is 25.3 Å². The Morgan fingerprint density at radius 1 is 1.30 bits per heavy atom. The number of nitrogens with zero attached hydrogens (tertiary/aromatic N) is 1. The molecular formula is C21H26N2O4. The summed E-state index contributed by atoms with van der Waals surface area (Å²) >= 11 is 0. The molecule has 1 amide bonds. The van der Waals surface area contributed by atoms with Gasteiger partial charge in [-0.1, -0.05) is 18.2 Å². The minimum absolute atomic E-state index is 0.00973. The van der Waals surface area contributed by atoms with Crippen LogP contribution in [0.1, 0.15) is 34.5 Å². The van der Waals surface area contributed by atoms with Crippen molar-refractivity contribution in [2.75, 3.05) is 26.3 Å². The summed E-state index contributed by atoms with van der Waals surface area (Å²) in [5.41, 5.74) is 1.27. The molecule has 2 heterocycles. The molecule has 27 heavy (non-hydrogen) atoms. The van der Waals surface area contributed by atoms with E-state index in [1.807, 2.05) is 36.4 Å². The zero-order chi connectivity index (χ0) is 19.2. The fourth-order valence-electron chi connectivity index (χ4n) is 3.38. The molecule has 6 heteroatoms. The summed E-state index contributed by atoms with van der Waals surface area (Å²) in [6.07, 6.45) is 1.93. The number of benzene rings is 1. The van der Waals surface area contributed by atoms with E-state index in [4.69, 9.17) is 9.47 Å². The number of H-pyrrole nitrogens is 1. The first kappa shape index (κ1) is 19.2. The zero-order valence-electron chi connectivity index (χ0n) is 15.9. The number of carbonyl (C=O) groups is 1. The normalized spacial score (nSPS) is 16.3. The summed E-state index contributed by atoms with van der Waals surface area (Å²) in [4.78, 5) is 29.9. The second-order valence-electron chi connectivity index (χ2n) is 6.89. The fraction of sp³-hybridized carbons (Fsp3) is 0.429. The van der Waals surface area contributed by atoms with E-state index in [2.05, 4.69) is 4.98 Å². The molecule has 0 spiro atoms. The average molecular weight is 370 g/mol. The summed E-state index contributed by atoms with van der Waals surface area (Å²) in [5.74, 6) is 0.479. The molecule has 3 rings (SSSR count). The van der Waals surface area contributed by atoms with Crippen LogP contribution in [0.4, 0.5) is 0 Å². The summed E-state index contributed by atoms with van der Waals surface area (Å²) in [7, 11) is 0. The number of pyridine rings is 1. The smallest absolute Gasteiger partial charge is 0.261 e. The van der Waals surface area contributed by atoms with Crippen LogP contribution >= 0.6 is 0 Å². The van der Waals surface area contributed by atoms with Crippen LogP contribution in [-0.2, 0) is 4.74 Å². The van der Waals surface area contributed by atoms with Gasteiger partial charge in [0, 0.05) is 18.8 Å². The van der Waals surface area contributed by atoms with Crippen molar-refractivity contribution in [1.29, 1.82) is 0 Å². The van der Waals surface area contributed by atoms with Crippen molar-refractivity contribution < 1.29 is 14.3 Å². The second-order valence-corrected chi connectivity index (χ2v) is 6.89. The Hall–Kier alpha value is -2.60. The Morgan fingerprint density at radius 3 is 2.74 bits per heavy atom. The molecule has 1 fully saturated rings. The number of hydrogen-bond donors (Lipinski definition) is 1. The number of aryl methyl sites for hydroxylation is 2. The average Bonchev–Trinajstić information content (AvgIpc) is 3.14. The molecule has 1 aromatic carbocycles. The van der Waals surface area contributed by atoms with E-state index in [0.717, 1.165) is 30.9 Å². The lowest BCUT2D eigenvalue weighted by molar-refractivity contribution is 0.0491. The highest BCUT2D eigenvalue weighted by Gasteiger charge is 2.26. The summed E-state index contributed by atoms with van der Waals surface area (Å²) in [5, 5.41) is 0. The van der Waals surface area contributed by atoms with Gasteiger partial charge in [0.15, 0.2) is 0 Å². The van der Waals surface area contributed by atoms with Crippen molar-refractivity contribution in [3.05, 3.63) is 63.6 Å². The van der Waals surface area contributed by atoms with Crippen molar-refractivity contribution >= 4 is 5.91 Å². The Labute approximate surface area is 159 Å². The maximum absolute atomic E-state index is 13.1. The van der Waals surface area contributed by atoms with Gasteiger partial charge in [0.05, 0.1) is 12.6 Å². The van der Waals surface area contributed by atoms with Gasteiger partial charge in [0.1, 0.15) is 17.9 Å². The van der Waals surface area contributed by atoms with E-state index >= 15 is 0 Å². The quantitative estimate of drug-likeness (QED) is 0.813. The lowest BCUT2D eigenvalue weighted by Crippen LogP contribution is -2.42. The van der Waals surface area contributed by atoms with Crippen LogP contribution in [0.25, 0.3) is 0 Å². The molecule has 6 nitrogen and oxygen atoms in total. The van der Waals surface area contributed by atoms with E-state index in [1.165, 1.54) is 0 Å². The predicted molar refractivity (Wildman–Crippen MR) is 103 cm³/mol. The molecule has 1 atom stereocenters. The van der Waals surface area contributed by atoms with E-state index in [9.17, 15) is 9.59 Å². The molecule has 0 bridgehead atoms. The summed E-state index contributed by atoms with van der Waals surface area (Å²) in [6.45, 7) is 5.52. The third-order valence-corrected chi connectivity index (χ3v) is 4.69. The molecule has 0 aliphatic carbocycles. The molecule has 144 valence electrons. The van der Waals surface area contributed by atoms with Gasteiger partial charge in [-0.3, -0.25) is 9.59 Å². The lowest BCUT2D eigenvalue weighted by atomic mass is 10.1. The van der Waals surface area contributed by atoms with Gasteiger partial charge in [-0.05, 0) is 50.5 Å². The topological polar surface area (TPSA) is 71.6 Å². The Morgan fingerprint density at radius 2 is 2.07 bits per heavy atom. The van der Waals surface area contributed by atoms with Gasteiger partial charge >= 0.3 is 0 Å². The molecule has 1 saturated heterocycles. The SMILES string of the molecule is Cc1cc(C)c(C(=O)N(CCOc2ccccc2)CC2CCCO2)c(=O)[nH]1. The largest absolute Gasteiger partial charge is 0.492 e. The minimum Gasteiger partial charge on any atom is -0.492 e. The number of aromatic amines is 1. The number of para-hydroxylation sites is 1. The van der Waals surface area contributed by atoms with Crippen LogP contribution in [0.15, 0.2) is 41.2 Å². The highest BCUT2D eigenvalue weighted by Crippen LogP contribution is 2.16. The first-order valence-corrected chi connectivity index (χ1v) is 9.34. The molecule has 1 aromatic heterocycles. The van der Waals surface area contributed by atoms with Crippen molar-refractivity contribution in [1.82, 2.24) is 9.88 Å². The van der Waals surface area contributed by atoms with Gasteiger partial charge < -0.3 is 19.4 Å². The zero-order valence-corrected chi connectivity index (χ0v) is 15.9. The van der Waals surface area contributed by atoms with Crippen molar-refractivity contribution in [2.24, 2.45) is 0 Å². The number of hydrogen-bond acceptors (Lipinski definition) is 4. The Bertz CT molecular complexity index is 826. The van der Waals surface area contributed by atoms with E-state index in [1.54, 1.807) is 18.7 Å². The number of amides is 1. The number of rotatable bonds is 7. The predicted octanol–water partition coefficient (Wildman–Crippen LogP) is 2.69. The van der Waals surface area contributed by atoms with E-state index < -0.39 is 0 Å². The Kier molecular flexibility index (Phi) is 6.29. The molecule has 1 aliphatic heterocycles. The van der Waals surface area contributed by atoms with Gasteiger partial charge in [0.25, 0.3) is 11.5 Å². The van der Waals surface area contributed by atoms with Crippen LogP contribution < -0.4 is 10.3 Å². The number of carbonyl (C=O) groups excluding carboxylic acids is 1. The Balaban J connectivity index is 1.74. The van der Waals surface area contributed by atoms with Crippen molar-refractivity contribution in [3.8, 4) is 5.75 Å². The van der Waals surface area contributed by atoms with Crippen LogP contribution in [0.3, 0.4) is 0 Å². The third kappa shape index (κ3) is 4.98. The molecule has 0 saturated carbocycles. The van der Waals surface area contributed by atoms with Gasteiger partial charge in [-0.15, -0.1) is 0 Å². The molecule has 0 radical (unpaired) electrons. The maximum atomic E-state index is 13.1. The van der Waals surface area contributed by atoms with Crippen LogP contribution in [0, 0.1) is 13.8 Å². The molecule has 2 aromatic rings. The number of ether oxygens (including phenoxy) is 2. The highest BCUT2D eigenvalue weighted by molar-refractivity contribution is 5.95. The van der Waals surface area contributed by atoms with Crippen LogP contribution in [0.5, 0.6) is 5.75 Å². The lowest BCUT2D eigenvalue weighted by Gasteiger charge is -2.26. The second kappa shape index (κ2) is 8.86. The molecular weight excluding hydrogens is 344 g/mol. The van der Waals surface area contributed by atoms with Gasteiger partial charge in [0.2, 0.25) is 0 Å². The summed E-state index contributed by atoms with van der Waals surface area (Å²) in [6, 6.07) is 11.3. The fourth-order valence-corrected chi connectivity index (χ4v) is 3.38. The first-order valence-electron chi connectivity index (χ1n) is 9.34. The standard InChI is InChI=1S/C21H26N2O4/c1-15-13-16(2)22-20(24)19(15)21(25)23(14-18-9-6-11-26-18)10-12-27-17-7-4-3-5-8-17/h3-5,7-8,13,18H,6,9-12,14H2,1-2H3,(H,22,24).